The number of rotatable bonds is 3. The number of fused-ring (bicyclic) bond motifs is 1. The second kappa shape index (κ2) is 4.71. The first-order valence-corrected chi connectivity index (χ1v) is 6.06. The molecule has 0 aromatic carbocycles. The maximum absolute atomic E-state index is 5.74. The number of aromatic nitrogens is 3. The van der Waals surface area contributed by atoms with Crippen molar-refractivity contribution >= 4 is 5.65 Å². The zero-order chi connectivity index (χ0) is 11.5. The highest BCUT2D eigenvalue weighted by atomic mass is 16.5. The predicted molar refractivity (Wildman–Crippen MR) is 64.1 cm³/mol. The van der Waals surface area contributed by atoms with Crippen molar-refractivity contribution in [2.24, 2.45) is 5.92 Å². The van der Waals surface area contributed by atoms with Gasteiger partial charge in [-0.05, 0) is 37.9 Å². The van der Waals surface area contributed by atoms with E-state index in [0.717, 1.165) is 25.3 Å². The molecule has 0 bridgehead atoms. The Morgan fingerprint density at radius 3 is 3.12 bits per heavy atom. The lowest BCUT2D eigenvalue weighted by molar-refractivity contribution is 0.207. The fourth-order valence-electron chi connectivity index (χ4n) is 2.13. The molecule has 0 aliphatic carbocycles. The first-order chi connectivity index (χ1) is 8.42. The maximum atomic E-state index is 5.74. The molecular weight excluding hydrogens is 216 g/mol. The van der Waals surface area contributed by atoms with E-state index < -0.39 is 0 Å². The van der Waals surface area contributed by atoms with Crippen LogP contribution in [0.1, 0.15) is 12.8 Å². The molecule has 1 aliphatic heterocycles. The summed E-state index contributed by atoms with van der Waals surface area (Å²) in [5, 5.41) is 7.69. The molecule has 0 saturated carbocycles. The third-order valence-electron chi connectivity index (χ3n) is 3.16. The predicted octanol–water partition coefficient (Wildman–Crippen LogP) is 1.11. The summed E-state index contributed by atoms with van der Waals surface area (Å²) >= 11 is 0. The molecule has 17 heavy (non-hydrogen) atoms. The fourth-order valence-corrected chi connectivity index (χ4v) is 2.13. The Labute approximate surface area is 99.8 Å². The Bertz CT molecular complexity index is 490. The quantitative estimate of drug-likeness (QED) is 0.861. The van der Waals surface area contributed by atoms with E-state index in [1.807, 2.05) is 18.3 Å². The van der Waals surface area contributed by atoms with Crippen LogP contribution in [0.5, 0.6) is 5.88 Å². The van der Waals surface area contributed by atoms with Gasteiger partial charge in [0, 0.05) is 18.5 Å². The van der Waals surface area contributed by atoms with Crippen LogP contribution in [0.3, 0.4) is 0 Å². The van der Waals surface area contributed by atoms with Crippen LogP contribution >= 0.6 is 0 Å². The Balaban J connectivity index is 1.63. The summed E-state index contributed by atoms with van der Waals surface area (Å²) in [7, 11) is 0. The molecule has 2 aromatic heterocycles. The zero-order valence-corrected chi connectivity index (χ0v) is 9.67. The number of ether oxygens (including phenoxy) is 1. The van der Waals surface area contributed by atoms with Crippen molar-refractivity contribution in [2.75, 3.05) is 19.7 Å². The lowest BCUT2D eigenvalue weighted by Crippen LogP contribution is -2.30. The lowest BCUT2D eigenvalue weighted by atomic mass is 9.99. The third kappa shape index (κ3) is 2.39. The van der Waals surface area contributed by atoms with Crippen molar-refractivity contribution in [3.63, 3.8) is 0 Å². The van der Waals surface area contributed by atoms with Crippen LogP contribution < -0.4 is 10.1 Å². The van der Waals surface area contributed by atoms with Crippen LogP contribution in [0.4, 0.5) is 0 Å². The van der Waals surface area contributed by atoms with E-state index in [1.165, 1.54) is 12.8 Å². The molecule has 1 aliphatic rings. The smallest absolute Gasteiger partial charge is 0.231 e. The Hall–Kier alpha value is -1.62. The molecule has 0 spiro atoms. The van der Waals surface area contributed by atoms with Crippen molar-refractivity contribution in [3.05, 3.63) is 24.5 Å². The lowest BCUT2D eigenvalue weighted by Gasteiger charge is -2.22. The van der Waals surface area contributed by atoms with E-state index in [2.05, 4.69) is 15.4 Å². The maximum Gasteiger partial charge on any atom is 0.231 e. The van der Waals surface area contributed by atoms with Gasteiger partial charge in [0.15, 0.2) is 5.65 Å². The minimum Gasteiger partial charge on any atom is -0.476 e. The summed E-state index contributed by atoms with van der Waals surface area (Å²) in [6, 6.07) is 3.80. The van der Waals surface area contributed by atoms with Crippen LogP contribution in [-0.4, -0.2) is 34.3 Å². The fraction of sp³-hybridized carbons (Fsp3) is 0.500. The van der Waals surface area contributed by atoms with Gasteiger partial charge in [-0.2, -0.15) is 0 Å². The number of piperidine rings is 1. The van der Waals surface area contributed by atoms with Crippen LogP contribution in [0.25, 0.3) is 5.65 Å². The third-order valence-corrected chi connectivity index (χ3v) is 3.16. The van der Waals surface area contributed by atoms with Crippen LogP contribution in [0, 0.1) is 5.92 Å². The molecule has 1 fully saturated rings. The van der Waals surface area contributed by atoms with E-state index in [9.17, 15) is 0 Å². The van der Waals surface area contributed by atoms with Gasteiger partial charge in [0.2, 0.25) is 5.88 Å². The first-order valence-electron chi connectivity index (χ1n) is 6.06. The largest absolute Gasteiger partial charge is 0.476 e. The summed E-state index contributed by atoms with van der Waals surface area (Å²) in [5.41, 5.74) is 0.846. The summed E-state index contributed by atoms with van der Waals surface area (Å²) in [6.45, 7) is 2.96. The summed E-state index contributed by atoms with van der Waals surface area (Å²) < 4.78 is 7.47. The highest BCUT2D eigenvalue weighted by Gasteiger charge is 2.13. The molecule has 5 nitrogen and oxygen atoms in total. The van der Waals surface area contributed by atoms with Crippen LogP contribution in [0.15, 0.2) is 24.5 Å². The summed E-state index contributed by atoms with van der Waals surface area (Å²) in [4.78, 5) is 4.15. The molecule has 0 amide bonds. The van der Waals surface area contributed by atoms with E-state index >= 15 is 0 Å². The molecule has 90 valence electrons. The molecule has 0 radical (unpaired) electrons. The SMILES string of the molecule is c1cn2nc(OCC3CCNCC3)ccc2n1. The second-order valence-corrected chi connectivity index (χ2v) is 4.41. The number of hydrogen-bond acceptors (Lipinski definition) is 4. The Kier molecular flexibility index (Phi) is 2.92. The number of imidazole rings is 1. The van der Waals surface area contributed by atoms with Crippen LogP contribution in [0.2, 0.25) is 0 Å². The van der Waals surface area contributed by atoms with Gasteiger partial charge in [0.1, 0.15) is 0 Å². The van der Waals surface area contributed by atoms with Gasteiger partial charge in [-0.15, -0.1) is 5.10 Å². The van der Waals surface area contributed by atoms with Gasteiger partial charge in [-0.25, -0.2) is 9.50 Å². The highest BCUT2D eigenvalue weighted by Crippen LogP contribution is 2.14. The minimum absolute atomic E-state index is 0.650. The highest BCUT2D eigenvalue weighted by molar-refractivity contribution is 5.37. The van der Waals surface area contributed by atoms with Gasteiger partial charge in [0.25, 0.3) is 0 Å². The van der Waals surface area contributed by atoms with Gasteiger partial charge in [0.05, 0.1) is 6.61 Å². The number of hydrogen-bond donors (Lipinski definition) is 1. The van der Waals surface area contributed by atoms with E-state index in [-0.39, 0.29) is 0 Å². The van der Waals surface area contributed by atoms with Gasteiger partial charge in [-0.3, -0.25) is 0 Å². The van der Waals surface area contributed by atoms with E-state index in [4.69, 9.17) is 4.74 Å². The Morgan fingerprint density at radius 1 is 1.35 bits per heavy atom. The molecule has 3 heterocycles. The molecule has 1 saturated heterocycles. The zero-order valence-electron chi connectivity index (χ0n) is 9.67. The Morgan fingerprint density at radius 2 is 2.24 bits per heavy atom. The minimum atomic E-state index is 0.650. The molecule has 1 N–H and O–H groups in total. The van der Waals surface area contributed by atoms with E-state index in [0.29, 0.717) is 11.8 Å². The molecule has 0 atom stereocenters. The molecule has 2 aromatic rings. The summed E-state index contributed by atoms with van der Waals surface area (Å²) in [6.07, 6.45) is 5.94. The first kappa shape index (κ1) is 10.5. The van der Waals surface area contributed by atoms with Gasteiger partial charge < -0.3 is 10.1 Å². The average Bonchev–Trinajstić information content (AvgIpc) is 2.85. The van der Waals surface area contributed by atoms with Crippen molar-refractivity contribution in [2.45, 2.75) is 12.8 Å². The molecule has 0 unspecified atom stereocenters. The number of nitrogens with zero attached hydrogens (tertiary/aromatic N) is 3. The topological polar surface area (TPSA) is 51.5 Å². The summed E-state index contributed by atoms with van der Waals surface area (Å²) in [5.74, 6) is 1.32. The molecule has 5 heteroatoms. The normalized spacial score (nSPS) is 17.4. The second-order valence-electron chi connectivity index (χ2n) is 4.41. The molecular formula is C12H16N4O. The number of nitrogens with one attached hydrogen (secondary N) is 1. The standard InChI is InChI=1S/C12H16N4O/c1-2-12(15-16-8-7-14-11(1)16)17-9-10-3-5-13-6-4-10/h1-2,7-8,10,13H,3-6,9H2. The monoisotopic (exact) mass is 232 g/mol. The van der Waals surface area contributed by atoms with Crippen molar-refractivity contribution in [3.8, 4) is 5.88 Å². The van der Waals surface area contributed by atoms with Crippen LogP contribution in [-0.2, 0) is 0 Å². The van der Waals surface area contributed by atoms with Crippen molar-refractivity contribution in [1.29, 1.82) is 0 Å². The van der Waals surface area contributed by atoms with E-state index in [1.54, 1.807) is 10.7 Å². The van der Waals surface area contributed by atoms with Gasteiger partial charge in [-0.1, -0.05) is 0 Å². The van der Waals surface area contributed by atoms with Crippen molar-refractivity contribution in [1.82, 2.24) is 19.9 Å². The average molecular weight is 232 g/mol. The van der Waals surface area contributed by atoms with Crippen molar-refractivity contribution < 1.29 is 4.74 Å². The van der Waals surface area contributed by atoms with Gasteiger partial charge >= 0.3 is 0 Å². The molecule has 3 rings (SSSR count).